The summed E-state index contributed by atoms with van der Waals surface area (Å²) >= 11 is 0. The number of carboxylic acid groups (broad SMARTS) is 1. The van der Waals surface area contributed by atoms with Gasteiger partial charge in [-0.05, 0) is 56.4 Å². The number of rotatable bonds is 27. The highest BCUT2D eigenvalue weighted by molar-refractivity contribution is 5.96. The molecule has 0 radical (unpaired) electrons. The Labute approximate surface area is 345 Å². The number of carbonyl (C=O) groups is 10. The first-order valence-electron chi connectivity index (χ1n) is 19.7. The lowest BCUT2D eigenvalue weighted by Crippen LogP contribution is -2.59. The molecule has 0 aromatic carbocycles. The zero-order valence-corrected chi connectivity index (χ0v) is 35.6. The van der Waals surface area contributed by atoms with Crippen LogP contribution in [0.2, 0.25) is 0 Å². The number of hydrogen-bond donors (Lipinski definition) is 12. The second-order valence-electron chi connectivity index (χ2n) is 15.5. The standard InChI is InChI=1S/C37H67N11O11/c1-18(2)28(39)33(54)47-31(21(7)8)36(57)48-30(20(5)6)35(56)42-16-25(50)44-22(9)32(53)41-14-24(49)40-15-27(52)46-29(19(3)4)34(55)43-17-26(51)45-23(37(58)59)12-10-11-13-38/h18-23,28-31H,10-17,38-39H2,1-9H3,(H,40,49)(H,41,53)(H,42,56)(H,43,55)(H,44,50)(H,45,51)(H,46,52)(H,47,54)(H,48,57)(H,58,59)/t22-,23-,28-,29-,30-,31-/m0/s1. The molecule has 0 spiro atoms. The van der Waals surface area contributed by atoms with Gasteiger partial charge in [0.15, 0.2) is 0 Å². The molecule has 0 aromatic heterocycles. The van der Waals surface area contributed by atoms with Gasteiger partial charge in [0.05, 0.1) is 32.2 Å². The smallest absolute Gasteiger partial charge is 0.326 e. The van der Waals surface area contributed by atoms with Crippen molar-refractivity contribution >= 4 is 59.1 Å². The average Bonchev–Trinajstić information content (AvgIpc) is 3.15. The molecule has 0 aliphatic rings. The molecule has 9 amide bonds. The first kappa shape index (κ1) is 53.6. The van der Waals surface area contributed by atoms with E-state index in [2.05, 4.69) is 47.9 Å². The summed E-state index contributed by atoms with van der Waals surface area (Å²) in [6.45, 7) is 13.1. The molecular weight excluding hydrogens is 774 g/mol. The third-order valence-electron chi connectivity index (χ3n) is 8.85. The lowest BCUT2D eigenvalue weighted by atomic mass is 9.98. The van der Waals surface area contributed by atoms with E-state index in [1.54, 1.807) is 55.4 Å². The highest BCUT2D eigenvalue weighted by Crippen LogP contribution is 2.09. The van der Waals surface area contributed by atoms with Gasteiger partial charge in [-0.15, -0.1) is 0 Å². The first-order valence-corrected chi connectivity index (χ1v) is 19.7. The van der Waals surface area contributed by atoms with E-state index in [0.717, 1.165) is 0 Å². The maximum Gasteiger partial charge on any atom is 0.326 e. The number of carbonyl (C=O) groups excluding carboxylic acids is 9. The Morgan fingerprint density at radius 1 is 0.458 bits per heavy atom. The lowest BCUT2D eigenvalue weighted by Gasteiger charge is -2.28. The van der Waals surface area contributed by atoms with E-state index < -0.39 is 133 Å². The molecule has 0 saturated carbocycles. The Bertz CT molecular complexity index is 1470. The molecule has 0 unspecified atom stereocenters. The van der Waals surface area contributed by atoms with Crippen LogP contribution in [-0.2, 0) is 47.9 Å². The van der Waals surface area contributed by atoms with Gasteiger partial charge in [-0.2, -0.15) is 0 Å². The van der Waals surface area contributed by atoms with Gasteiger partial charge in [-0.25, -0.2) is 4.79 Å². The minimum absolute atomic E-state index is 0.160. The minimum Gasteiger partial charge on any atom is -0.480 e. The van der Waals surface area contributed by atoms with Crippen molar-refractivity contribution in [3.8, 4) is 0 Å². The van der Waals surface area contributed by atoms with Crippen molar-refractivity contribution in [1.29, 1.82) is 0 Å². The van der Waals surface area contributed by atoms with E-state index >= 15 is 0 Å². The van der Waals surface area contributed by atoms with Crippen LogP contribution in [-0.4, -0.2) is 133 Å². The summed E-state index contributed by atoms with van der Waals surface area (Å²) < 4.78 is 0. The van der Waals surface area contributed by atoms with Crippen LogP contribution in [0, 0.1) is 23.7 Å². The molecular formula is C37H67N11O11. The van der Waals surface area contributed by atoms with Gasteiger partial charge in [-0.1, -0.05) is 55.4 Å². The minimum atomic E-state index is -1.23. The van der Waals surface area contributed by atoms with Crippen LogP contribution >= 0.6 is 0 Å². The molecule has 0 bridgehead atoms. The summed E-state index contributed by atoms with van der Waals surface area (Å²) in [5, 5.41) is 31.1. The van der Waals surface area contributed by atoms with Gasteiger partial charge < -0.3 is 64.4 Å². The number of nitrogens with two attached hydrogens (primary N) is 2. The molecule has 22 nitrogen and oxygen atoms in total. The molecule has 59 heavy (non-hydrogen) atoms. The Balaban J connectivity index is 4.90. The van der Waals surface area contributed by atoms with Crippen molar-refractivity contribution in [3.63, 3.8) is 0 Å². The number of aliphatic carboxylic acids is 1. The highest BCUT2D eigenvalue weighted by atomic mass is 16.4. The predicted molar refractivity (Wildman–Crippen MR) is 215 cm³/mol. The Morgan fingerprint density at radius 3 is 1.34 bits per heavy atom. The second-order valence-corrected chi connectivity index (χ2v) is 15.5. The number of nitrogens with one attached hydrogen (secondary N) is 9. The van der Waals surface area contributed by atoms with E-state index in [1.165, 1.54) is 6.92 Å². The van der Waals surface area contributed by atoms with Crippen molar-refractivity contribution in [2.75, 3.05) is 32.7 Å². The van der Waals surface area contributed by atoms with Gasteiger partial charge >= 0.3 is 5.97 Å². The van der Waals surface area contributed by atoms with Gasteiger partial charge in [0.25, 0.3) is 0 Å². The van der Waals surface area contributed by atoms with Gasteiger partial charge in [0.2, 0.25) is 53.2 Å². The fraction of sp³-hybridized carbons (Fsp3) is 0.730. The number of unbranched alkanes of at least 4 members (excludes halogenated alkanes) is 1. The van der Waals surface area contributed by atoms with Crippen LogP contribution in [0.25, 0.3) is 0 Å². The molecule has 0 saturated heterocycles. The molecule has 0 rings (SSSR count). The Morgan fingerprint density at radius 2 is 0.864 bits per heavy atom. The van der Waals surface area contributed by atoms with Crippen LogP contribution < -0.4 is 59.3 Å². The van der Waals surface area contributed by atoms with Crippen molar-refractivity contribution in [2.24, 2.45) is 35.1 Å². The maximum absolute atomic E-state index is 13.1. The van der Waals surface area contributed by atoms with E-state index in [1.807, 2.05) is 0 Å². The van der Waals surface area contributed by atoms with Crippen molar-refractivity contribution < 1.29 is 53.1 Å². The predicted octanol–water partition coefficient (Wildman–Crippen LogP) is -3.94. The summed E-state index contributed by atoms with van der Waals surface area (Å²) in [6.07, 6.45) is 1.22. The number of amides is 9. The van der Waals surface area contributed by atoms with E-state index in [9.17, 15) is 53.1 Å². The highest BCUT2D eigenvalue weighted by Gasteiger charge is 2.32. The first-order chi connectivity index (χ1) is 27.4. The van der Waals surface area contributed by atoms with Crippen LogP contribution in [0.1, 0.15) is 81.6 Å². The summed E-state index contributed by atoms with van der Waals surface area (Å²) in [4.78, 5) is 125. The Hall–Kier alpha value is -5.38. The topological polar surface area (TPSA) is 351 Å². The SMILES string of the molecule is CC(C)[C@H](N)C(=O)N[C@H](C(=O)N[C@H](C(=O)NCC(=O)N[C@@H](C)C(=O)NCC(=O)NCC(=O)N[C@H](C(=O)NCC(=O)N[C@@H](CCCCN)C(=O)O)C(C)C)C(C)C)C(C)C. The zero-order valence-electron chi connectivity index (χ0n) is 35.6. The molecule has 0 aromatic rings. The van der Waals surface area contributed by atoms with Crippen LogP contribution in [0.15, 0.2) is 0 Å². The van der Waals surface area contributed by atoms with E-state index in [-0.39, 0.29) is 18.3 Å². The quantitative estimate of drug-likeness (QED) is 0.0352. The summed E-state index contributed by atoms with van der Waals surface area (Å²) in [5.41, 5.74) is 11.3. The normalized spacial score (nSPS) is 14.2. The van der Waals surface area contributed by atoms with Gasteiger partial charge in [0, 0.05) is 0 Å². The molecule has 22 heteroatoms. The van der Waals surface area contributed by atoms with Crippen molar-refractivity contribution in [2.45, 2.75) is 118 Å². The fourth-order valence-corrected chi connectivity index (χ4v) is 5.09. The van der Waals surface area contributed by atoms with Gasteiger partial charge in [-0.3, -0.25) is 43.2 Å². The molecule has 14 N–H and O–H groups in total. The van der Waals surface area contributed by atoms with E-state index in [4.69, 9.17) is 11.5 Å². The van der Waals surface area contributed by atoms with E-state index in [0.29, 0.717) is 19.4 Å². The maximum atomic E-state index is 13.1. The molecule has 336 valence electrons. The summed E-state index contributed by atoms with van der Waals surface area (Å²) in [6, 6.07) is -6.31. The monoisotopic (exact) mass is 842 g/mol. The third kappa shape index (κ3) is 21.3. The fourth-order valence-electron chi connectivity index (χ4n) is 5.09. The molecule has 0 aliphatic carbocycles. The van der Waals surface area contributed by atoms with Crippen LogP contribution in [0.3, 0.4) is 0 Å². The summed E-state index contributed by atoms with van der Waals surface area (Å²) in [5.74, 6) is -8.90. The largest absolute Gasteiger partial charge is 0.480 e. The molecule has 6 atom stereocenters. The molecule has 0 fully saturated rings. The van der Waals surface area contributed by atoms with Crippen LogP contribution in [0.5, 0.6) is 0 Å². The zero-order chi connectivity index (χ0) is 45.6. The lowest BCUT2D eigenvalue weighted by molar-refractivity contribution is -0.142. The van der Waals surface area contributed by atoms with Crippen molar-refractivity contribution in [1.82, 2.24) is 47.9 Å². The number of hydrogen-bond acceptors (Lipinski definition) is 12. The third-order valence-corrected chi connectivity index (χ3v) is 8.85. The molecule has 0 heterocycles. The van der Waals surface area contributed by atoms with Crippen LogP contribution in [0.4, 0.5) is 0 Å². The average molecular weight is 842 g/mol. The summed E-state index contributed by atoms with van der Waals surface area (Å²) in [7, 11) is 0. The van der Waals surface area contributed by atoms with Gasteiger partial charge in [0.1, 0.15) is 30.2 Å². The Kier molecular flexibility index (Phi) is 24.8. The second kappa shape index (κ2) is 27.3. The van der Waals surface area contributed by atoms with Crippen molar-refractivity contribution in [3.05, 3.63) is 0 Å². The number of carboxylic acids is 1. The molecule has 0 aliphatic heterocycles.